The fourth-order valence-electron chi connectivity index (χ4n) is 1.50. The third-order valence-electron chi connectivity index (χ3n) is 2.50. The van der Waals surface area contributed by atoms with Gasteiger partial charge in [-0.1, -0.05) is 6.92 Å². The Bertz CT molecular complexity index is 384. The van der Waals surface area contributed by atoms with E-state index < -0.39 is 33.6 Å². The Morgan fingerprint density at radius 3 is 2.33 bits per heavy atom. The Kier molecular flexibility index (Phi) is 5.20. The summed E-state index contributed by atoms with van der Waals surface area (Å²) >= 11 is 0. The Labute approximate surface area is 106 Å². The van der Waals surface area contributed by atoms with E-state index in [4.69, 9.17) is 26.9 Å². The standard InChI is InChI=1S/C7H15BO8P2/c1-4-6(9)5(15-7(4)8)3-14-17(2,10)16-18(11,12)13/h4-7,9H,3H2,1-2H3,(H2,11,12,13)/t4-,5-,6?,7-,17?/m1/s1. The zero-order valence-electron chi connectivity index (χ0n) is 9.87. The van der Waals surface area contributed by atoms with Crippen LogP contribution in [0.3, 0.4) is 0 Å². The van der Waals surface area contributed by atoms with E-state index >= 15 is 0 Å². The molecule has 8 nitrogen and oxygen atoms in total. The molecule has 1 aliphatic rings. The van der Waals surface area contributed by atoms with Crippen molar-refractivity contribution in [3.8, 4) is 0 Å². The first-order valence-corrected chi connectivity index (χ1v) is 8.62. The second kappa shape index (κ2) is 5.73. The lowest BCUT2D eigenvalue weighted by atomic mass is 9.86. The van der Waals surface area contributed by atoms with Gasteiger partial charge in [0, 0.05) is 18.6 Å². The highest BCUT2D eigenvalue weighted by Crippen LogP contribution is 2.58. The number of hydrogen-bond donors (Lipinski definition) is 3. The maximum atomic E-state index is 11.6. The zero-order valence-corrected chi connectivity index (χ0v) is 11.7. The van der Waals surface area contributed by atoms with Crippen LogP contribution >= 0.6 is 15.4 Å². The maximum absolute atomic E-state index is 11.6. The molecule has 0 bridgehead atoms. The number of aliphatic hydroxyl groups excluding tert-OH is 1. The zero-order chi connectivity index (χ0) is 14.1. The van der Waals surface area contributed by atoms with Gasteiger partial charge in [-0.2, -0.15) is 0 Å². The fourth-order valence-corrected chi connectivity index (χ4v) is 3.65. The van der Waals surface area contributed by atoms with Crippen LogP contribution < -0.4 is 0 Å². The van der Waals surface area contributed by atoms with Crippen LogP contribution in [-0.4, -0.2) is 54.2 Å². The first-order chi connectivity index (χ1) is 8.02. The van der Waals surface area contributed by atoms with E-state index in [2.05, 4.69) is 4.31 Å². The lowest BCUT2D eigenvalue weighted by Crippen LogP contribution is -2.29. The van der Waals surface area contributed by atoms with E-state index in [1.165, 1.54) is 0 Å². The number of rotatable bonds is 5. The van der Waals surface area contributed by atoms with Gasteiger partial charge in [0.2, 0.25) is 0 Å². The van der Waals surface area contributed by atoms with Crippen LogP contribution in [0.1, 0.15) is 6.92 Å². The summed E-state index contributed by atoms with van der Waals surface area (Å²) in [7, 11) is -3.29. The molecule has 104 valence electrons. The van der Waals surface area contributed by atoms with Crippen molar-refractivity contribution < 1.29 is 37.6 Å². The van der Waals surface area contributed by atoms with E-state index in [9.17, 15) is 14.2 Å². The van der Waals surface area contributed by atoms with Gasteiger partial charge in [-0.05, 0) is 0 Å². The molecule has 2 unspecified atom stereocenters. The first kappa shape index (κ1) is 16.3. The summed E-state index contributed by atoms with van der Waals surface area (Å²) in [5.41, 5.74) is 0. The molecule has 1 rings (SSSR count). The Hall–Kier alpha value is 0.285. The van der Waals surface area contributed by atoms with E-state index in [-0.39, 0.29) is 12.5 Å². The van der Waals surface area contributed by atoms with Gasteiger partial charge in [-0.25, -0.2) is 8.88 Å². The summed E-state index contributed by atoms with van der Waals surface area (Å²) in [5.74, 6) is -0.322. The van der Waals surface area contributed by atoms with Crippen LogP contribution in [0.25, 0.3) is 0 Å². The van der Waals surface area contributed by atoms with Crippen LogP contribution in [0.2, 0.25) is 0 Å². The molecule has 11 heteroatoms. The predicted octanol–water partition coefficient (Wildman–Crippen LogP) is -0.174. The average molecular weight is 300 g/mol. The topological polar surface area (TPSA) is 123 Å². The van der Waals surface area contributed by atoms with E-state index in [0.29, 0.717) is 0 Å². The summed E-state index contributed by atoms with van der Waals surface area (Å²) in [6.07, 6.45) is -1.72. The Balaban J connectivity index is 2.51. The van der Waals surface area contributed by atoms with Crippen molar-refractivity contribution in [3.05, 3.63) is 0 Å². The van der Waals surface area contributed by atoms with E-state index in [1.54, 1.807) is 6.92 Å². The quantitative estimate of drug-likeness (QED) is 0.472. The minimum atomic E-state index is -4.90. The van der Waals surface area contributed by atoms with Gasteiger partial charge in [-0.15, -0.1) is 0 Å². The summed E-state index contributed by atoms with van der Waals surface area (Å²) < 4.78 is 36.0. The Morgan fingerprint density at radius 1 is 1.39 bits per heavy atom. The summed E-state index contributed by atoms with van der Waals surface area (Å²) in [5, 5.41) is 9.69. The fraction of sp³-hybridized carbons (Fsp3) is 1.00. The van der Waals surface area contributed by atoms with Gasteiger partial charge in [-0.3, -0.25) is 4.57 Å². The summed E-state index contributed by atoms with van der Waals surface area (Å²) in [6, 6.07) is -0.674. The molecule has 0 aromatic heterocycles. The molecule has 1 aliphatic heterocycles. The molecule has 0 aromatic carbocycles. The second-order valence-electron chi connectivity index (χ2n) is 4.13. The van der Waals surface area contributed by atoms with Gasteiger partial charge in [0.1, 0.15) is 14.0 Å². The third-order valence-corrected chi connectivity index (χ3v) is 5.15. The second-order valence-corrected chi connectivity index (χ2v) is 7.56. The predicted molar refractivity (Wildman–Crippen MR) is 62.2 cm³/mol. The van der Waals surface area contributed by atoms with Gasteiger partial charge in [0.15, 0.2) is 0 Å². The van der Waals surface area contributed by atoms with Gasteiger partial charge in [0.05, 0.1) is 12.7 Å². The smallest absolute Gasteiger partial charge is 0.390 e. The molecule has 0 aromatic rings. The van der Waals surface area contributed by atoms with Crippen molar-refractivity contribution in [1.29, 1.82) is 0 Å². The monoisotopic (exact) mass is 300 g/mol. The first-order valence-electron chi connectivity index (χ1n) is 5.10. The molecule has 5 atom stereocenters. The highest BCUT2D eigenvalue weighted by Gasteiger charge is 2.39. The number of phosphoric acid groups is 1. The number of ether oxygens (including phenoxy) is 1. The van der Waals surface area contributed by atoms with Crippen LogP contribution in [0, 0.1) is 5.92 Å². The molecule has 1 heterocycles. The molecule has 2 radical (unpaired) electrons. The lowest BCUT2D eigenvalue weighted by molar-refractivity contribution is -0.000219. The van der Waals surface area contributed by atoms with Crippen molar-refractivity contribution >= 4 is 23.3 Å². The molecule has 18 heavy (non-hydrogen) atoms. The summed E-state index contributed by atoms with van der Waals surface area (Å²) in [6.45, 7) is 2.25. The Morgan fingerprint density at radius 2 is 1.94 bits per heavy atom. The number of aliphatic hydroxyl groups is 1. The van der Waals surface area contributed by atoms with Gasteiger partial charge in [0.25, 0.3) is 0 Å². The number of hydrogen-bond acceptors (Lipinski definition) is 6. The minimum Gasteiger partial charge on any atom is -0.390 e. The largest absolute Gasteiger partial charge is 0.476 e. The van der Waals surface area contributed by atoms with Crippen molar-refractivity contribution in [3.63, 3.8) is 0 Å². The molecule has 1 fully saturated rings. The molecule has 0 aliphatic carbocycles. The van der Waals surface area contributed by atoms with Crippen molar-refractivity contribution in [2.45, 2.75) is 25.1 Å². The van der Waals surface area contributed by atoms with Crippen LogP contribution in [-0.2, 0) is 22.7 Å². The molecule has 0 spiro atoms. The highest BCUT2D eigenvalue weighted by atomic mass is 31.3. The van der Waals surface area contributed by atoms with Crippen LogP contribution in [0.15, 0.2) is 0 Å². The van der Waals surface area contributed by atoms with Crippen molar-refractivity contribution in [2.75, 3.05) is 13.3 Å². The van der Waals surface area contributed by atoms with Gasteiger partial charge >= 0.3 is 15.4 Å². The molecular weight excluding hydrogens is 285 g/mol. The average Bonchev–Trinajstić information content (AvgIpc) is 2.39. The molecule has 1 saturated heterocycles. The minimum absolute atomic E-state index is 0.322. The van der Waals surface area contributed by atoms with Crippen molar-refractivity contribution in [1.82, 2.24) is 0 Å². The molecule has 0 saturated carbocycles. The summed E-state index contributed by atoms with van der Waals surface area (Å²) in [4.78, 5) is 17.0. The van der Waals surface area contributed by atoms with Crippen LogP contribution in [0.4, 0.5) is 0 Å². The van der Waals surface area contributed by atoms with Gasteiger partial charge < -0.3 is 24.2 Å². The molecule has 0 amide bonds. The maximum Gasteiger partial charge on any atom is 0.476 e. The molecular formula is C7H15BO8P2. The van der Waals surface area contributed by atoms with Crippen molar-refractivity contribution in [2.24, 2.45) is 5.92 Å². The molecule has 3 N–H and O–H groups in total. The normalized spacial score (nSPS) is 36.5. The third kappa shape index (κ3) is 4.76. The van der Waals surface area contributed by atoms with E-state index in [0.717, 1.165) is 6.66 Å². The highest BCUT2D eigenvalue weighted by molar-refractivity contribution is 7.63. The van der Waals surface area contributed by atoms with E-state index in [1.807, 2.05) is 0 Å². The lowest BCUT2D eigenvalue weighted by Gasteiger charge is -2.19. The SMILES string of the molecule is [B][C@@H]1O[C@H](COP(C)(=O)OP(=O)(O)O)C(O)[C@H]1C. The van der Waals surface area contributed by atoms with Crippen LogP contribution in [0.5, 0.6) is 0 Å².